The van der Waals surface area contributed by atoms with Crippen LogP contribution in [-0.4, -0.2) is 128 Å². The standard InChI is InChI=1S/C33H35F2N3O8S.C30H28F2N2O6S/c1-18(2)28(31(42)36-25(15-39)33(44)45)37-27(41)16-46-24-13-5-20(6-14-24)29-30(32(43)38(29)23-11-9-22(35)10-12-23)47-17-26(40)19-3-7-21(34)8-4-19;1-17(2)26(30(38)39)33-25(36)15-40-23-13-5-19(6-14-23)27-28(29(37)34(27)22-11-9-21(32)10-12-22)41-16-24(35)18-3-7-20(31)8-4-18/h3-14,18,25-26,28-30,39-40H,15-17H2,1-2H3,(H,36,42)(H,37,41)(H,44,45);3-14,17,26-28H,15-16H2,1-2H3,(H,33,36)(H,38,39)/t25-,26?,28+,29+,30+;26-,27-,28-/m01/s1. The number of β-lactam (4-membered cyclic amide) rings is 2. The summed E-state index contributed by atoms with van der Waals surface area (Å²) in [6, 6.07) is 30.5. The predicted molar refractivity (Wildman–Crippen MR) is 320 cm³/mol. The Labute approximate surface area is 511 Å². The van der Waals surface area contributed by atoms with E-state index in [2.05, 4.69) is 16.0 Å². The second-order valence-corrected chi connectivity index (χ2v) is 23.3. The first kappa shape index (κ1) is 66.7. The van der Waals surface area contributed by atoms with E-state index in [-0.39, 0.29) is 41.6 Å². The number of ether oxygens (including phenoxy) is 2. The number of thioether (sulfide) groups is 2. The fourth-order valence-corrected chi connectivity index (χ4v) is 11.8. The van der Waals surface area contributed by atoms with Crippen molar-refractivity contribution in [3.8, 4) is 11.5 Å². The summed E-state index contributed by atoms with van der Waals surface area (Å²) in [6.07, 6.45) is -0.939. The maximum atomic E-state index is 13.6. The van der Waals surface area contributed by atoms with Crippen LogP contribution in [0.5, 0.6) is 11.5 Å². The first-order valence-corrected chi connectivity index (χ1v) is 29.6. The van der Waals surface area contributed by atoms with Crippen LogP contribution in [0.15, 0.2) is 146 Å². The van der Waals surface area contributed by atoms with Gasteiger partial charge in [-0.05, 0) is 138 Å². The molecule has 0 bridgehead atoms. The van der Waals surface area contributed by atoms with Gasteiger partial charge in [0.25, 0.3) is 11.8 Å². The highest BCUT2D eigenvalue weighted by atomic mass is 32.2. The second-order valence-electron chi connectivity index (χ2n) is 21.0. The lowest BCUT2D eigenvalue weighted by Gasteiger charge is -2.47. The van der Waals surface area contributed by atoms with Gasteiger partial charge in [-0.3, -0.25) is 28.8 Å². The number of carbonyl (C=O) groups excluding carboxylic acids is 6. The number of benzene rings is 6. The van der Waals surface area contributed by atoms with Crippen molar-refractivity contribution in [2.45, 2.75) is 74.5 Å². The summed E-state index contributed by atoms with van der Waals surface area (Å²) in [5.41, 5.74) is 3.28. The quantitative estimate of drug-likeness (QED) is 0.0148. The molecule has 2 heterocycles. The third-order valence-corrected chi connectivity index (χ3v) is 16.6. The van der Waals surface area contributed by atoms with Gasteiger partial charge in [0.15, 0.2) is 19.0 Å². The number of hydrogen-bond donors (Lipinski definition) is 7. The molecule has 0 aromatic heterocycles. The molecule has 25 heteroatoms. The van der Waals surface area contributed by atoms with E-state index >= 15 is 0 Å². The maximum absolute atomic E-state index is 13.6. The van der Waals surface area contributed by atoms with Crippen LogP contribution in [-0.2, 0) is 33.6 Å². The van der Waals surface area contributed by atoms with E-state index < -0.39 is 119 Å². The molecule has 0 aliphatic carbocycles. The number of anilines is 2. The monoisotopic (exact) mass is 1250 g/mol. The number of halogens is 4. The molecule has 88 heavy (non-hydrogen) atoms. The van der Waals surface area contributed by atoms with Crippen molar-refractivity contribution in [3.63, 3.8) is 0 Å². The van der Waals surface area contributed by atoms with Crippen molar-refractivity contribution in [3.05, 3.63) is 191 Å². The number of carboxylic acid groups (broad SMARTS) is 2. The molecule has 5 amide bonds. The fourth-order valence-electron chi connectivity index (χ4n) is 9.28. The number of amides is 5. The lowest BCUT2D eigenvalue weighted by Crippen LogP contribution is -2.57. The number of hydrogen-bond acceptors (Lipinski definition) is 14. The van der Waals surface area contributed by atoms with Gasteiger partial charge in [-0.1, -0.05) is 64.1 Å². The fraction of sp³-hybridized carbons (Fsp3) is 0.302. The number of carbonyl (C=O) groups is 8. The minimum Gasteiger partial charge on any atom is -0.484 e. The van der Waals surface area contributed by atoms with Gasteiger partial charge in [0.2, 0.25) is 17.7 Å². The van der Waals surface area contributed by atoms with E-state index in [0.717, 1.165) is 5.56 Å². The van der Waals surface area contributed by atoms with Crippen LogP contribution in [0.2, 0.25) is 0 Å². The summed E-state index contributed by atoms with van der Waals surface area (Å²) < 4.78 is 64.8. The molecule has 2 aliphatic heterocycles. The van der Waals surface area contributed by atoms with Gasteiger partial charge in [0, 0.05) is 22.7 Å². The van der Waals surface area contributed by atoms with Crippen molar-refractivity contribution in [1.82, 2.24) is 16.0 Å². The van der Waals surface area contributed by atoms with Gasteiger partial charge in [-0.25, -0.2) is 27.2 Å². The van der Waals surface area contributed by atoms with E-state index in [1.807, 2.05) is 0 Å². The summed E-state index contributed by atoms with van der Waals surface area (Å²) in [6.45, 7) is 5.03. The smallest absolute Gasteiger partial charge is 0.328 e. The molecule has 19 nitrogen and oxygen atoms in total. The predicted octanol–water partition coefficient (Wildman–Crippen LogP) is 7.61. The second kappa shape index (κ2) is 30.7. The van der Waals surface area contributed by atoms with Crippen molar-refractivity contribution in [2.75, 3.05) is 41.1 Å². The molecule has 2 saturated heterocycles. The van der Waals surface area contributed by atoms with Crippen LogP contribution in [0.1, 0.15) is 72.9 Å². The van der Waals surface area contributed by atoms with E-state index in [4.69, 9.17) is 14.6 Å². The summed E-state index contributed by atoms with van der Waals surface area (Å²) in [5, 5.41) is 44.1. The highest BCUT2D eigenvalue weighted by Crippen LogP contribution is 2.47. The molecule has 7 N–H and O–H groups in total. The average Bonchev–Trinajstić information content (AvgIpc) is 1.17. The van der Waals surface area contributed by atoms with Crippen LogP contribution in [0.3, 0.4) is 0 Å². The number of aliphatic hydroxyl groups excluding tert-OH is 2. The molecule has 2 aliphatic rings. The van der Waals surface area contributed by atoms with Crippen LogP contribution in [0, 0.1) is 35.1 Å². The Morgan fingerprint density at radius 1 is 0.534 bits per heavy atom. The molecule has 464 valence electrons. The third kappa shape index (κ3) is 17.3. The van der Waals surface area contributed by atoms with E-state index in [1.165, 1.54) is 130 Å². The Morgan fingerprint density at radius 2 is 0.932 bits per heavy atom. The number of aliphatic carboxylic acids is 2. The molecule has 6 aromatic rings. The van der Waals surface area contributed by atoms with Gasteiger partial charge in [0.1, 0.15) is 63.4 Å². The summed E-state index contributed by atoms with van der Waals surface area (Å²) >= 11 is 2.42. The number of nitrogens with one attached hydrogen (secondary N) is 3. The van der Waals surface area contributed by atoms with E-state index in [0.29, 0.717) is 39.6 Å². The van der Waals surface area contributed by atoms with Crippen LogP contribution in [0.4, 0.5) is 28.9 Å². The van der Waals surface area contributed by atoms with Crippen LogP contribution < -0.4 is 35.2 Å². The molecule has 1 unspecified atom stereocenters. The third-order valence-electron chi connectivity index (χ3n) is 14.0. The molecule has 0 saturated carbocycles. The van der Waals surface area contributed by atoms with Gasteiger partial charge < -0.3 is 55.7 Å². The van der Waals surface area contributed by atoms with Crippen molar-refractivity contribution in [2.24, 2.45) is 11.8 Å². The zero-order valence-corrected chi connectivity index (χ0v) is 49.4. The van der Waals surface area contributed by atoms with Crippen molar-refractivity contribution in [1.29, 1.82) is 0 Å². The first-order valence-electron chi connectivity index (χ1n) is 27.5. The topological polar surface area (TPSA) is 279 Å². The van der Waals surface area contributed by atoms with Gasteiger partial charge in [-0.15, -0.1) is 23.5 Å². The summed E-state index contributed by atoms with van der Waals surface area (Å²) in [7, 11) is 0. The Hall–Kier alpha value is -8.78. The lowest BCUT2D eigenvalue weighted by molar-refractivity contribution is -0.144. The van der Waals surface area contributed by atoms with Crippen molar-refractivity contribution >= 4 is 82.2 Å². The number of aliphatic hydroxyl groups is 2. The van der Waals surface area contributed by atoms with E-state index in [1.54, 1.807) is 76.2 Å². The Bertz CT molecular complexity index is 3420. The normalized spacial score (nSPS) is 17.5. The molecule has 8 rings (SSSR count). The molecular formula is C63H63F4N5O14S2. The van der Waals surface area contributed by atoms with Gasteiger partial charge >= 0.3 is 11.9 Å². The lowest BCUT2D eigenvalue weighted by atomic mass is 9.92. The highest BCUT2D eigenvalue weighted by molar-refractivity contribution is 8.01. The minimum atomic E-state index is -1.52. The molecule has 6 aromatic carbocycles. The van der Waals surface area contributed by atoms with E-state index in [9.17, 15) is 71.2 Å². The Kier molecular flexibility index (Phi) is 23.3. The van der Waals surface area contributed by atoms with Gasteiger partial charge in [-0.2, -0.15) is 0 Å². The number of carboxylic acids is 2. The summed E-state index contributed by atoms with van der Waals surface area (Å²) in [5.74, 6) is -6.89. The number of ketones is 1. The zero-order chi connectivity index (χ0) is 63.9. The Balaban J connectivity index is 0.000000253. The maximum Gasteiger partial charge on any atom is 0.328 e. The van der Waals surface area contributed by atoms with Crippen molar-refractivity contribution < 1.29 is 85.8 Å². The summed E-state index contributed by atoms with van der Waals surface area (Å²) in [4.78, 5) is 102. The number of nitrogens with zero attached hydrogens (tertiary/aromatic N) is 2. The molecule has 2 fully saturated rings. The first-order chi connectivity index (χ1) is 41.9. The average molecular weight is 1250 g/mol. The minimum absolute atomic E-state index is 0.000181. The van der Waals surface area contributed by atoms with Crippen LogP contribution in [0.25, 0.3) is 0 Å². The molecular weight excluding hydrogens is 1190 g/mol. The van der Waals surface area contributed by atoms with Gasteiger partial charge in [0.05, 0.1) is 30.5 Å². The molecule has 8 atom stereocenters. The largest absolute Gasteiger partial charge is 0.484 e. The number of rotatable bonds is 27. The van der Waals surface area contributed by atoms with Crippen LogP contribution >= 0.6 is 23.5 Å². The highest BCUT2D eigenvalue weighted by Gasteiger charge is 2.50. The number of Topliss-reactive ketones (excluding diaryl/α,β-unsaturated/α-hetero) is 1. The molecule has 0 radical (unpaired) electrons. The Morgan fingerprint density at radius 3 is 1.33 bits per heavy atom. The molecule has 0 spiro atoms. The SMILES string of the molecule is CC(C)[C@@H](NC(=O)COc1ccc([C@@H]2[C@@H](SCC(=O)c3ccc(F)cc3)C(=O)N2c2ccc(F)cc2)cc1)C(=O)O.CC(C)[C@@H](NC(=O)COc1ccc([C@@H]2[C@@H](SCC(O)c3ccc(F)cc3)C(=O)N2c2ccc(F)cc2)cc1)C(=O)N[C@@H](CO)C(=O)O. The zero-order valence-electron chi connectivity index (χ0n) is 47.8.